The molecule has 7 heteroatoms. The van der Waals surface area contributed by atoms with Crippen LogP contribution in [0.1, 0.15) is 5.56 Å². The van der Waals surface area contributed by atoms with Crippen LogP contribution in [0.3, 0.4) is 0 Å². The van der Waals surface area contributed by atoms with E-state index in [1.54, 1.807) is 6.07 Å². The molecular weight excluding hydrogens is 442 g/mol. The zero-order valence-corrected chi connectivity index (χ0v) is 17.5. The van der Waals surface area contributed by atoms with Gasteiger partial charge in [0.05, 0.1) is 25.2 Å². The Balaban J connectivity index is 1.56. The van der Waals surface area contributed by atoms with E-state index in [4.69, 9.17) is 21.3 Å². The number of halogens is 2. The number of morpholine rings is 1. The summed E-state index contributed by atoms with van der Waals surface area (Å²) < 4.78 is 6.30. The number of benzene rings is 2. The molecule has 1 N–H and O–H groups in total. The zero-order valence-electron chi connectivity index (χ0n) is 15.1. The van der Waals surface area contributed by atoms with Gasteiger partial charge in [-0.15, -0.1) is 0 Å². The molecule has 0 aliphatic carbocycles. The molecule has 0 radical (unpaired) electrons. The minimum Gasteiger partial charge on any atom is -0.378 e. The number of fused-ring (bicyclic) bond motifs is 1. The van der Waals surface area contributed by atoms with Gasteiger partial charge in [-0.05, 0) is 35.9 Å². The molecule has 144 valence electrons. The van der Waals surface area contributed by atoms with Crippen LogP contribution in [0.15, 0.2) is 53.0 Å². The predicted molar refractivity (Wildman–Crippen MR) is 116 cm³/mol. The quantitative estimate of drug-likeness (QED) is 0.615. The average Bonchev–Trinajstić information content (AvgIpc) is 2.70. The van der Waals surface area contributed by atoms with Crippen LogP contribution >= 0.6 is 27.5 Å². The largest absolute Gasteiger partial charge is 0.378 e. The van der Waals surface area contributed by atoms with Crippen molar-refractivity contribution in [3.8, 4) is 0 Å². The van der Waals surface area contributed by atoms with Gasteiger partial charge in [-0.2, -0.15) is 0 Å². The highest BCUT2D eigenvalue weighted by Crippen LogP contribution is 2.29. The van der Waals surface area contributed by atoms with Gasteiger partial charge in [0, 0.05) is 33.7 Å². The van der Waals surface area contributed by atoms with Crippen LogP contribution in [0.4, 0.5) is 11.5 Å². The van der Waals surface area contributed by atoms with Crippen LogP contribution in [-0.4, -0.2) is 37.2 Å². The number of carbonyl (C=O) groups is 1. The van der Waals surface area contributed by atoms with Crippen LogP contribution in [0.25, 0.3) is 10.9 Å². The van der Waals surface area contributed by atoms with Gasteiger partial charge in [0.1, 0.15) is 5.82 Å². The molecule has 1 aromatic heterocycles. The standard InChI is InChI=1S/C21H19BrClN3O2/c22-17-12-15(24-21(27)11-14-3-1-2-4-18(14)23)13-19-16(17)5-6-20(25-19)26-7-9-28-10-8-26/h1-6,12-13H,7-11H2,(H,24,27). The normalized spacial score (nSPS) is 14.3. The van der Waals surface area contributed by atoms with Gasteiger partial charge in [-0.1, -0.05) is 45.7 Å². The number of carbonyl (C=O) groups excluding carboxylic acids is 1. The smallest absolute Gasteiger partial charge is 0.228 e. The number of nitrogens with one attached hydrogen (secondary N) is 1. The second-order valence-electron chi connectivity index (χ2n) is 6.61. The second-order valence-corrected chi connectivity index (χ2v) is 7.87. The van der Waals surface area contributed by atoms with Gasteiger partial charge in [-0.25, -0.2) is 4.98 Å². The lowest BCUT2D eigenvalue weighted by Crippen LogP contribution is -2.36. The molecule has 0 saturated carbocycles. The van der Waals surface area contributed by atoms with E-state index in [1.807, 2.05) is 42.5 Å². The predicted octanol–water partition coefficient (Wildman–Crippen LogP) is 4.67. The van der Waals surface area contributed by atoms with Crippen molar-refractivity contribution in [2.24, 2.45) is 0 Å². The molecule has 2 heterocycles. The first-order chi connectivity index (χ1) is 13.6. The number of nitrogens with zero attached hydrogens (tertiary/aromatic N) is 2. The molecule has 0 bridgehead atoms. The average molecular weight is 461 g/mol. The van der Waals surface area contributed by atoms with Crippen molar-refractivity contribution < 1.29 is 9.53 Å². The summed E-state index contributed by atoms with van der Waals surface area (Å²) in [5.41, 5.74) is 2.32. The van der Waals surface area contributed by atoms with Gasteiger partial charge >= 0.3 is 0 Å². The molecule has 3 aromatic rings. The molecule has 1 saturated heterocycles. The van der Waals surface area contributed by atoms with Crippen molar-refractivity contribution in [1.29, 1.82) is 0 Å². The molecule has 5 nitrogen and oxygen atoms in total. The van der Waals surface area contributed by atoms with Gasteiger partial charge < -0.3 is 15.0 Å². The van der Waals surface area contributed by atoms with E-state index in [0.717, 1.165) is 39.8 Å². The fraction of sp³-hybridized carbons (Fsp3) is 0.238. The van der Waals surface area contributed by atoms with Gasteiger partial charge in [0.25, 0.3) is 0 Å². The maximum atomic E-state index is 12.5. The number of amides is 1. The van der Waals surface area contributed by atoms with Crippen molar-refractivity contribution in [1.82, 2.24) is 4.98 Å². The maximum Gasteiger partial charge on any atom is 0.228 e. The number of hydrogen-bond donors (Lipinski definition) is 1. The summed E-state index contributed by atoms with van der Waals surface area (Å²) >= 11 is 9.75. The molecule has 0 atom stereocenters. The van der Waals surface area contributed by atoms with Crippen molar-refractivity contribution in [2.45, 2.75) is 6.42 Å². The van der Waals surface area contributed by atoms with E-state index >= 15 is 0 Å². The molecule has 0 unspecified atom stereocenters. The lowest BCUT2D eigenvalue weighted by Gasteiger charge is -2.28. The monoisotopic (exact) mass is 459 g/mol. The molecule has 28 heavy (non-hydrogen) atoms. The highest BCUT2D eigenvalue weighted by atomic mass is 79.9. The second kappa shape index (κ2) is 8.47. The zero-order chi connectivity index (χ0) is 19.5. The molecule has 1 fully saturated rings. The Hall–Kier alpha value is -2.15. The Morgan fingerprint density at radius 2 is 1.96 bits per heavy atom. The minimum atomic E-state index is -0.122. The highest BCUT2D eigenvalue weighted by Gasteiger charge is 2.14. The first-order valence-corrected chi connectivity index (χ1v) is 10.2. The first-order valence-electron chi connectivity index (χ1n) is 9.06. The summed E-state index contributed by atoms with van der Waals surface area (Å²) in [4.78, 5) is 19.5. The molecule has 2 aromatic carbocycles. The van der Waals surface area contributed by atoms with E-state index in [-0.39, 0.29) is 12.3 Å². The summed E-state index contributed by atoms with van der Waals surface area (Å²) in [5.74, 6) is 0.797. The summed E-state index contributed by atoms with van der Waals surface area (Å²) in [5, 5.41) is 4.54. The molecule has 1 aliphatic rings. The Labute approximate surface area is 176 Å². The number of ether oxygens (including phenoxy) is 1. The van der Waals surface area contributed by atoms with E-state index in [2.05, 4.69) is 26.1 Å². The van der Waals surface area contributed by atoms with Crippen LogP contribution in [0.5, 0.6) is 0 Å². The Morgan fingerprint density at radius 1 is 1.18 bits per heavy atom. The maximum absolute atomic E-state index is 12.5. The van der Waals surface area contributed by atoms with Gasteiger partial charge in [-0.3, -0.25) is 4.79 Å². The van der Waals surface area contributed by atoms with Crippen molar-refractivity contribution in [3.05, 3.63) is 63.6 Å². The third-order valence-electron chi connectivity index (χ3n) is 4.67. The number of aromatic nitrogens is 1. The number of rotatable bonds is 4. The van der Waals surface area contributed by atoms with Crippen LogP contribution < -0.4 is 10.2 Å². The fourth-order valence-electron chi connectivity index (χ4n) is 3.24. The summed E-state index contributed by atoms with van der Waals surface area (Å²) in [6.45, 7) is 3.07. The van der Waals surface area contributed by atoms with Crippen LogP contribution in [0.2, 0.25) is 5.02 Å². The highest BCUT2D eigenvalue weighted by molar-refractivity contribution is 9.10. The van der Waals surface area contributed by atoms with E-state index in [1.165, 1.54) is 0 Å². The van der Waals surface area contributed by atoms with Gasteiger partial charge in [0.2, 0.25) is 5.91 Å². The SMILES string of the molecule is O=C(Cc1ccccc1Cl)Nc1cc(Br)c2ccc(N3CCOCC3)nc2c1. The third-order valence-corrected chi connectivity index (χ3v) is 5.69. The third kappa shape index (κ3) is 4.29. The Kier molecular flexibility index (Phi) is 5.80. The first kappa shape index (κ1) is 19.2. The van der Waals surface area contributed by atoms with E-state index in [0.29, 0.717) is 23.9 Å². The van der Waals surface area contributed by atoms with Crippen LogP contribution in [0, 0.1) is 0 Å². The number of anilines is 2. The number of pyridine rings is 1. The van der Waals surface area contributed by atoms with Gasteiger partial charge in [0.15, 0.2) is 0 Å². The fourth-order valence-corrected chi connectivity index (χ4v) is 4.02. The summed E-state index contributed by atoms with van der Waals surface area (Å²) in [7, 11) is 0. The molecule has 4 rings (SSSR count). The van der Waals surface area contributed by atoms with Crippen LogP contribution in [-0.2, 0) is 16.0 Å². The molecular formula is C21H19BrClN3O2. The molecule has 1 aliphatic heterocycles. The topological polar surface area (TPSA) is 54.5 Å². The van der Waals surface area contributed by atoms with E-state index in [9.17, 15) is 4.79 Å². The molecule has 1 amide bonds. The summed E-state index contributed by atoms with van der Waals surface area (Å²) in [6.07, 6.45) is 0.219. The van der Waals surface area contributed by atoms with Crippen molar-refractivity contribution >= 4 is 55.8 Å². The molecule has 0 spiro atoms. The Bertz CT molecular complexity index is 1020. The Morgan fingerprint density at radius 3 is 2.75 bits per heavy atom. The van der Waals surface area contributed by atoms with E-state index < -0.39 is 0 Å². The number of hydrogen-bond acceptors (Lipinski definition) is 4. The minimum absolute atomic E-state index is 0.122. The lowest BCUT2D eigenvalue weighted by molar-refractivity contribution is -0.115. The van der Waals surface area contributed by atoms with Crippen molar-refractivity contribution in [3.63, 3.8) is 0 Å². The van der Waals surface area contributed by atoms with Crippen molar-refractivity contribution in [2.75, 3.05) is 36.5 Å². The summed E-state index contributed by atoms with van der Waals surface area (Å²) in [6, 6.07) is 15.2. The lowest BCUT2D eigenvalue weighted by atomic mass is 10.1.